The Bertz CT molecular complexity index is 680. The van der Waals surface area contributed by atoms with Gasteiger partial charge in [-0.1, -0.05) is 13.8 Å². The number of ether oxygens (including phenoxy) is 3. The number of hydrogen-bond acceptors (Lipinski definition) is 5. The van der Waals surface area contributed by atoms with Crippen LogP contribution in [-0.4, -0.2) is 26.2 Å². The van der Waals surface area contributed by atoms with Gasteiger partial charge in [0, 0.05) is 18.9 Å². The maximum absolute atomic E-state index is 12.3. The lowest BCUT2D eigenvalue weighted by Gasteiger charge is -2.13. The molecule has 1 N–H and O–H groups in total. The van der Waals surface area contributed by atoms with Crippen LogP contribution in [0.4, 0.5) is 5.69 Å². The number of rotatable bonds is 10. The van der Waals surface area contributed by atoms with Crippen LogP contribution in [0.3, 0.4) is 0 Å². The van der Waals surface area contributed by atoms with Gasteiger partial charge in [0.2, 0.25) is 0 Å². The van der Waals surface area contributed by atoms with Crippen molar-refractivity contribution in [2.45, 2.75) is 33.3 Å². The number of benzene rings is 1. The largest absolute Gasteiger partial charge is 0.490 e. The summed E-state index contributed by atoms with van der Waals surface area (Å²) in [6.45, 7) is 5.60. The first kappa shape index (κ1) is 18.9. The molecule has 0 bridgehead atoms. The molecule has 0 unspecified atom stereocenters. The van der Waals surface area contributed by atoms with Gasteiger partial charge in [-0.05, 0) is 37.1 Å². The Labute approximate surface area is 148 Å². The minimum absolute atomic E-state index is 0.231. The average molecular weight is 347 g/mol. The first-order valence-corrected chi connectivity index (χ1v) is 8.46. The molecule has 6 nitrogen and oxygen atoms in total. The molecule has 6 heteroatoms. The molecule has 0 aliphatic carbocycles. The summed E-state index contributed by atoms with van der Waals surface area (Å²) in [4.78, 5) is 12.3. The van der Waals surface area contributed by atoms with E-state index in [0.29, 0.717) is 42.8 Å². The summed E-state index contributed by atoms with van der Waals surface area (Å²) in [5, 5.41) is 2.80. The van der Waals surface area contributed by atoms with Crippen molar-refractivity contribution in [1.29, 1.82) is 0 Å². The Morgan fingerprint density at radius 2 is 1.76 bits per heavy atom. The van der Waals surface area contributed by atoms with Crippen LogP contribution in [0.1, 0.15) is 43.0 Å². The molecule has 2 rings (SSSR count). The molecular weight excluding hydrogens is 322 g/mol. The van der Waals surface area contributed by atoms with E-state index in [9.17, 15) is 4.79 Å². The number of methoxy groups -OCH3 is 1. The molecule has 2 aromatic rings. The zero-order chi connectivity index (χ0) is 18.1. The van der Waals surface area contributed by atoms with Crippen molar-refractivity contribution in [3.63, 3.8) is 0 Å². The third kappa shape index (κ3) is 5.53. The van der Waals surface area contributed by atoms with Gasteiger partial charge in [0.15, 0.2) is 17.3 Å². The summed E-state index contributed by atoms with van der Waals surface area (Å²) in [5.41, 5.74) is 0.615. The fourth-order valence-electron chi connectivity index (χ4n) is 2.15. The number of carbonyl (C=O) groups is 1. The fourth-order valence-corrected chi connectivity index (χ4v) is 2.15. The molecule has 0 aliphatic rings. The lowest BCUT2D eigenvalue weighted by atomic mass is 10.2. The summed E-state index contributed by atoms with van der Waals surface area (Å²) in [6.07, 6.45) is 1.80. The van der Waals surface area contributed by atoms with Crippen LogP contribution in [0.5, 0.6) is 11.5 Å². The molecule has 0 saturated carbocycles. The monoisotopic (exact) mass is 347 g/mol. The Kier molecular flexibility index (Phi) is 7.35. The number of furan rings is 1. The highest BCUT2D eigenvalue weighted by atomic mass is 16.5. The Hall–Kier alpha value is -2.47. The van der Waals surface area contributed by atoms with Gasteiger partial charge in [-0.2, -0.15) is 0 Å². The van der Waals surface area contributed by atoms with Crippen molar-refractivity contribution in [2.24, 2.45) is 0 Å². The molecule has 1 aromatic carbocycles. The molecular formula is C19H25NO5. The van der Waals surface area contributed by atoms with Crippen LogP contribution in [-0.2, 0) is 11.3 Å². The summed E-state index contributed by atoms with van der Waals surface area (Å²) in [6, 6.07) is 8.68. The SMILES string of the molecule is CCCOc1ccc(NC(=O)c2ccc(COC)o2)cc1OCCC. The molecule has 0 aliphatic heterocycles. The predicted molar refractivity (Wildman–Crippen MR) is 95.4 cm³/mol. The third-order valence-corrected chi connectivity index (χ3v) is 3.30. The minimum atomic E-state index is -0.328. The molecule has 25 heavy (non-hydrogen) atoms. The van der Waals surface area contributed by atoms with Gasteiger partial charge >= 0.3 is 0 Å². The van der Waals surface area contributed by atoms with Crippen molar-refractivity contribution in [2.75, 3.05) is 25.6 Å². The third-order valence-electron chi connectivity index (χ3n) is 3.30. The fraction of sp³-hybridized carbons (Fsp3) is 0.421. The molecule has 0 spiro atoms. The first-order chi connectivity index (χ1) is 12.2. The maximum Gasteiger partial charge on any atom is 0.291 e. The molecule has 1 amide bonds. The van der Waals surface area contributed by atoms with E-state index in [-0.39, 0.29) is 11.7 Å². The predicted octanol–water partition coefficient (Wildman–Crippen LogP) is 4.26. The van der Waals surface area contributed by atoms with Crippen molar-refractivity contribution < 1.29 is 23.4 Å². The second-order valence-corrected chi connectivity index (χ2v) is 5.51. The number of amides is 1. The lowest BCUT2D eigenvalue weighted by molar-refractivity contribution is 0.0987. The molecule has 0 atom stereocenters. The Morgan fingerprint density at radius 1 is 1.04 bits per heavy atom. The van der Waals surface area contributed by atoms with Gasteiger partial charge in [0.05, 0.1) is 13.2 Å². The van der Waals surface area contributed by atoms with E-state index in [1.54, 1.807) is 37.4 Å². The van der Waals surface area contributed by atoms with Gasteiger partial charge < -0.3 is 23.9 Å². The smallest absolute Gasteiger partial charge is 0.291 e. The van der Waals surface area contributed by atoms with E-state index >= 15 is 0 Å². The number of carbonyl (C=O) groups excluding carboxylic acids is 1. The minimum Gasteiger partial charge on any atom is -0.490 e. The van der Waals surface area contributed by atoms with E-state index in [1.807, 2.05) is 13.8 Å². The van der Waals surface area contributed by atoms with Gasteiger partial charge in [-0.15, -0.1) is 0 Å². The highest BCUT2D eigenvalue weighted by Gasteiger charge is 2.13. The quantitative estimate of drug-likeness (QED) is 0.695. The summed E-state index contributed by atoms with van der Waals surface area (Å²) >= 11 is 0. The average Bonchev–Trinajstić information content (AvgIpc) is 3.08. The number of hydrogen-bond donors (Lipinski definition) is 1. The summed E-state index contributed by atoms with van der Waals surface area (Å²) in [7, 11) is 1.57. The van der Waals surface area contributed by atoms with Crippen molar-refractivity contribution in [3.8, 4) is 11.5 Å². The number of nitrogens with one attached hydrogen (secondary N) is 1. The second kappa shape index (κ2) is 9.74. The van der Waals surface area contributed by atoms with E-state index in [0.717, 1.165) is 12.8 Å². The first-order valence-electron chi connectivity index (χ1n) is 8.46. The van der Waals surface area contributed by atoms with Crippen LogP contribution >= 0.6 is 0 Å². The van der Waals surface area contributed by atoms with E-state index in [2.05, 4.69) is 5.32 Å². The van der Waals surface area contributed by atoms with E-state index < -0.39 is 0 Å². The second-order valence-electron chi connectivity index (χ2n) is 5.51. The molecule has 0 fully saturated rings. The molecule has 0 saturated heterocycles. The van der Waals surface area contributed by atoms with Gasteiger partial charge in [-0.25, -0.2) is 0 Å². The topological polar surface area (TPSA) is 69.9 Å². The van der Waals surface area contributed by atoms with Crippen molar-refractivity contribution in [3.05, 3.63) is 41.9 Å². The van der Waals surface area contributed by atoms with Crippen LogP contribution < -0.4 is 14.8 Å². The highest BCUT2D eigenvalue weighted by Crippen LogP contribution is 2.31. The zero-order valence-electron chi connectivity index (χ0n) is 15.0. The lowest BCUT2D eigenvalue weighted by Crippen LogP contribution is -2.11. The summed E-state index contributed by atoms with van der Waals surface area (Å²) < 4.78 is 21.8. The standard InChI is InChI=1S/C19H25NO5/c1-4-10-23-16-8-6-14(12-18(16)24-11-5-2)20-19(21)17-9-7-15(25-17)13-22-3/h6-9,12H,4-5,10-11,13H2,1-3H3,(H,20,21). The molecule has 1 aromatic heterocycles. The van der Waals surface area contributed by atoms with E-state index in [4.69, 9.17) is 18.6 Å². The Morgan fingerprint density at radius 3 is 2.44 bits per heavy atom. The normalized spacial score (nSPS) is 10.5. The van der Waals surface area contributed by atoms with Crippen LogP contribution in [0, 0.1) is 0 Å². The maximum atomic E-state index is 12.3. The van der Waals surface area contributed by atoms with E-state index in [1.165, 1.54) is 0 Å². The summed E-state index contributed by atoms with van der Waals surface area (Å²) in [5.74, 6) is 1.80. The van der Waals surface area contributed by atoms with Gasteiger partial charge in [-0.3, -0.25) is 4.79 Å². The number of anilines is 1. The molecule has 136 valence electrons. The van der Waals surface area contributed by atoms with Gasteiger partial charge in [0.25, 0.3) is 5.91 Å². The van der Waals surface area contributed by atoms with Crippen molar-refractivity contribution >= 4 is 11.6 Å². The molecule has 1 heterocycles. The van der Waals surface area contributed by atoms with Crippen LogP contribution in [0.2, 0.25) is 0 Å². The van der Waals surface area contributed by atoms with Crippen LogP contribution in [0.25, 0.3) is 0 Å². The Balaban J connectivity index is 2.10. The van der Waals surface area contributed by atoms with Gasteiger partial charge in [0.1, 0.15) is 12.4 Å². The van der Waals surface area contributed by atoms with Crippen molar-refractivity contribution in [1.82, 2.24) is 0 Å². The van der Waals surface area contributed by atoms with Crippen LogP contribution in [0.15, 0.2) is 34.7 Å². The zero-order valence-corrected chi connectivity index (χ0v) is 15.0. The highest BCUT2D eigenvalue weighted by molar-refractivity contribution is 6.02. The molecule has 0 radical (unpaired) electrons.